The monoisotopic (exact) mass is 486 g/mol. The highest BCUT2D eigenvalue weighted by Crippen LogP contribution is 2.23. The molecule has 3 rings (SSSR count). The van der Waals surface area contributed by atoms with E-state index in [9.17, 15) is 9.59 Å². The number of nitrogens with zero attached hydrogens (tertiary/aromatic N) is 2. The maximum Gasteiger partial charge on any atom is 0.266 e. The minimum absolute atomic E-state index is 0.0979. The topological polar surface area (TPSA) is 90.0 Å². The molecule has 0 atom stereocenters. The van der Waals surface area contributed by atoms with Gasteiger partial charge in [0, 0.05) is 23.7 Å². The van der Waals surface area contributed by atoms with E-state index in [2.05, 4.69) is 5.32 Å². The molecule has 3 aromatic rings. The van der Waals surface area contributed by atoms with Gasteiger partial charge < -0.3 is 11.1 Å². The molecule has 0 spiro atoms. The second-order valence-corrected chi connectivity index (χ2v) is 9.39. The third-order valence-electron chi connectivity index (χ3n) is 5.31. The molecule has 0 unspecified atom stereocenters. The minimum Gasteiger partial charge on any atom is -0.356 e. The van der Waals surface area contributed by atoms with E-state index in [0.29, 0.717) is 27.5 Å². The molecule has 1 amide bonds. The van der Waals surface area contributed by atoms with Crippen molar-refractivity contribution < 1.29 is 4.79 Å². The highest BCUT2D eigenvalue weighted by atomic mass is 35.5. The quantitative estimate of drug-likeness (QED) is 0.203. The number of nitrogens with two attached hydrogens (primary N) is 1. The largest absolute Gasteiger partial charge is 0.356 e. The van der Waals surface area contributed by atoms with Crippen molar-refractivity contribution in [1.29, 1.82) is 0 Å². The number of rotatable bonds is 13. The van der Waals surface area contributed by atoms with Gasteiger partial charge in [0.2, 0.25) is 5.91 Å². The van der Waals surface area contributed by atoms with Crippen LogP contribution in [0.2, 0.25) is 5.02 Å². The normalized spacial score (nSPS) is 11.1. The zero-order valence-corrected chi connectivity index (χ0v) is 20.3. The predicted octanol–water partition coefficient (Wildman–Crippen LogP) is 4.94. The number of fused-ring (bicyclic) bond motifs is 1. The zero-order valence-electron chi connectivity index (χ0n) is 18.8. The van der Waals surface area contributed by atoms with E-state index in [1.807, 2.05) is 30.3 Å². The molecule has 2 aromatic carbocycles. The molecule has 0 radical (unpaired) electrons. The summed E-state index contributed by atoms with van der Waals surface area (Å²) in [7, 11) is 0. The van der Waals surface area contributed by atoms with Crippen molar-refractivity contribution in [3.05, 3.63) is 63.9 Å². The number of aromatic nitrogens is 2. The summed E-state index contributed by atoms with van der Waals surface area (Å²) in [6, 6.07) is 14.6. The van der Waals surface area contributed by atoms with Crippen molar-refractivity contribution >= 4 is 40.2 Å². The SMILES string of the molecule is NCCCCCCNC(=O)CCCCSc1nc2ccccc2c(=O)n1-c1ccc(Cl)cc1. The summed E-state index contributed by atoms with van der Waals surface area (Å²) >= 11 is 7.57. The summed E-state index contributed by atoms with van der Waals surface area (Å²) in [4.78, 5) is 30.0. The highest BCUT2D eigenvalue weighted by molar-refractivity contribution is 7.99. The van der Waals surface area contributed by atoms with Gasteiger partial charge in [-0.15, -0.1) is 0 Å². The second-order valence-electron chi connectivity index (χ2n) is 7.89. The number of unbranched alkanes of at least 4 members (excludes halogenated alkanes) is 4. The predicted molar refractivity (Wildman–Crippen MR) is 137 cm³/mol. The van der Waals surface area contributed by atoms with Gasteiger partial charge in [0.15, 0.2) is 5.16 Å². The Hall–Kier alpha value is -2.35. The van der Waals surface area contributed by atoms with Crippen LogP contribution in [0, 0.1) is 0 Å². The standard InChI is InChI=1S/C25H31ClN4O2S/c26-19-12-14-20(15-13-19)30-24(32)21-9-3-4-10-22(21)29-25(30)33-18-8-5-11-23(31)28-17-7-2-1-6-16-27/h3-4,9-10,12-15H,1-2,5-8,11,16-18,27H2,(H,28,31). The number of amides is 1. The highest BCUT2D eigenvalue weighted by Gasteiger charge is 2.13. The van der Waals surface area contributed by atoms with E-state index in [1.54, 1.807) is 22.8 Å². The Balaban J connectivity index is 1.56. The van der Waals surface area contributed by atoms with E-state index < -0.39 is 0 Å². The van der Waals surface area contributed by atoms with Gasteiger partial charge in [0.05, 0.1) is 16.6 Å². The Morgan fingerprint density at radius 1 is 1.00 bits per heavy atom. The Morgan fingerprint density at radius 2 is 1.76 bits per heavy atom. The molecule has 0 bridgehead atoms. The van der Waals surface area contributed by atoms with Gasteiger partial charge in [-0.05, 0) is 68.6 Å². The summed E-state index contributed by atoms with van der Waals surface area (Å²) < 4.78 is 1.64. The summed E-state index contributed by atoms with van der Waals surface area (Å²) in [5.74, 6) is 0.866. The number of para-hydroxylation sites is 1. The Morgan fingerprint density at radius 3 is 2.55 bits per heavy atom. The zero-order chi connectivity index (χ0) is 23.5. The van der Waals surface area contributed by atoms with Gasteiger partial charge in [-0.1, -0.05) is 48.3 Å². The number of hydrogen-bond acceptors (Lipinski definition) is 5. The Kier molecular flexibility index (Phi) is 10.2. The van der Waals surface area contributed by atoms with Crippen LogP contribution in [0.25, 0.3) is 16.6 Å². The van der Waals surface area contributed by atoms with Gasteiger partial charge in [-0.2, -0.15) is 0 Å². The third kappa shape index (κ3) is 7.59. The molecule has 0 aliphatic carbocycles. The first-order valence-electron chi connectivity index (χ1n) is 11.5. The summed E-state index contributed by atoms with van der Waals surface area (Å²) in [6.45, 7) is 1.46. The number of carbonyl (C=O) groups is 1. The molecule has 3 N–H and O–H groups in total. The first kappa shape index (κ1) is 25.3. The van der Waals surface area contributed by atoms with Crippen molar-refractivity contribution in [3.8, 4) is 5.69 Å². The van der Waals surface area contributed by atoms with Gasteiger partial charge >= 0.3 is 0 Å². The fraction of sp³-hybridized carbons (Fsp3) is 0.400. The maximum atomic E-state index is 13.2. The van der Waals surface area contributed by atoms with Crippen LogP contribution >= 0.6 is 23.4 Å². The lowest BCUT2D eigenvalue weighted by atomic mass is 10.2. The van der Waals surface area contributed by atoms with Crippen LogP contribution in [-0.4, -0.2) is 34.3 Å². The Labute approximate surface area is 203 Å². The van der Waals surface area contributed by atoms with Crippen LogP contribution in [0.5, 0.6) is 0 Å². The van der Waals surface area contributed by atoms with Crippen molar-refractivity contribution in [2.24, 2.45) is 5.73 Å². The smallest absolute Gasteiger partial charge is 0.266 e. The second kappa shape index (κ2) is 13.4. The van der Waals surface area contributed by atoms with Crippen molar-refractivity contribution in [2.75, 3.05) is 18.8 Å². The fourth-order valence-corrected chi connectivity index (χ4v) is 4.65. The van der Waals surface area contributed by atoms with Crippen molar-refractivity contribution in [2.45, 2.75) is 50.1 Å². The van der Waals surface area contributed by atoms with Gasteiger partial charge in [0.1, 0.15) is 0 Å². The molecule has 1 aromatic heterocycles. The average molecular weight is 487 g/mol. The molecule has 0 aliphatic heterocycles. The van der Waals surface area contributed by atoms with Crippen LogP contribution in [0.4, 0.5) is 0 Å². The third-order valence-corrected chi connectivity index (χ3v) is 6.59. The number of hydrogen-bond donors (Lipinski definition) is 2. The summed E-state index contributed by atoms with van der Waals surface area (Å²) in [5.41, 5.74) is 6.80. The van der Waals surface area contributed by atoms with E-state index >= 15 is 0 Å². The lowest BCUT2D eigenvalue weighted by Gasteiger charge is -2.13. The molecule has 0 saturated carbocycles. The minimum atomic E-state index is -0.101. The summed E-state index contributed by atoms with van der Waals surface area (Å²) in [5, 5.41) is 4.82. The van der Waals surface area contributed by atoms with Gasteiger partial charge in [-0.25, -0.2) is 4.98 Å². The first-order chi connectivity index (χ1) is 16.1. The fourth-order valence-electron chi connectivity index (χ4n) is 3.52. The molecular weight excluding hydrogens is 456 g/mol. The number of carbonyl (C=O) groups excluding carboxylic acids is 1. The molecule has 0 saturated heterocycles. The molecule has 0 fully saturated rings. The average Bonchev–Trinajstić information content (AvgIpc) is 2.82. The molecule has 33 heavy (non-hydrogen) atoms. The van der Waals surface area contributed by atoms with Crippen LogP contribution in [0.1, 0.15) is 44.9 Å². The molecule has 8 heteroatoms. The number of thioether (sulfide) groups is 1. The summed E-state index contributed by atoms with van der Waals surface area (Å²) in [6.07, 6.45) is 6.43. The molecule has 176 valence electrons. The molecule has 1 heterocycles. The van der Waals surface area contributed by atoms with Crippen LogP contribution in [0.3, 0.4) is 0 Å². The van der Waals surface area contributed by atoms with Crippen LogP contribution in [-0.2, 0) is 4.79 Å². The van der Waals surface area contributed by atoms with Crippen LogP contribution in [0.15, 0.2) is 58.5 Å². The first-order valence-corrected chi connectivity index (χ1v) is 12.8. The number of nitrogens with one attached hydrogen (secondary N) is 1. The molecule has 6 nitrogen and oxygen atoms in total. The van der Waals surface area contributed by atoms with E-state index in [1.165, 1.54) is 11.8 Å². The van der Waals surface area contributed by atoms with Crippen molar-refractivity contribution in [3.63, 3.8) is 0 Å². The van der Waals surface area contributed by atoms with Gasteiger partial charge in [0.25, 0.3) is 5.56 Å². The Bertz CT molecular complexity index is 1100. The van der Waals surface area contributed by atoms with Crippen molar-refractivity contribution in [1.82, 2.24) is 14.9 Å². The molecular formula is C25H31ClN4O2S. The number of halogens is 1. The van der Waals surface area contributed by atoms with E-state index in [4.69, 9.17) is 22.3 Å². The molecule has 0 aliphatic rings. The maximum absolute atomic E-state index is 13.2. The van der Waals surface area contributed by atoms with E-state index in [0.717, 1.165) is 63.1 Å². The number of benzene rings is 2. The van der Waals surface area contributed by atoms with E-state index in [-0.39, 0.29) is 11.5 Å². The van der Waals surface area contributed by atoms with Gasteiger partial charge in [-0.3, -0.25) is 14.2 Å². The lowest BCUT2D eigenvalue weighted by Crippen LogP contribution is -2.24. The van der Waals surface area contributed by atoms with Crippen LogP contribution < -0.4 is 16.6 Å². The lowest BCUT2D eigenvalue weighted by molar-refractivity contribution is -0.121.